The van der Waals surface area contributed by atoms with Gasteiger partial charge in [0.2, 0.25) is 0 Å². The lowest BCUT2D eigenvalue weighted by atomic mass is 10.1. The minimum Gasteiger partial charge on any atom is -0.486 e. The number of ether oxygens (including phenoxy) is 1. The standard InChI is InChI=1S/C14H16O3/c1-4-11(3)17-13-7-5-10(2)9-12(13)6-8-14(15)16/h4-9,11H,1H2,2-3H3,(H,15,16). The van der Waals surface area contributed by atoms with E-state index in [9.17, 15) is 4.79 Å². The second-order valence-corrected chi connectivity index (χ2v) is 3.77. The lowest BCUT2D eigenvalue weighted by Crippen LogP contribution is -2.08. The molecule has 3 heteroatoms. The maximum Gasteiger partial charge on any atom is 0.328 e. The average Bonchev–Trinajstić information content (AvgIpc) is 2.29. The Morgan fingerprint density at radius 2 is 2.24 bits per heavy atom. The smallest absolute Gasteiger partial charge is 0.328 e. The predicted octanol–water partition coefficient (Wildman–Crippen LogP) is 3.05. The topological polar surface area (TPSA) is 46.5 Å². The van der Waals surface area contributed by atoms with E-state index >= 15 is 0 Å². The molecule has 0 aromatic heterocycles. The fourth-order valence-corrected chi connectivity index (χ4v) is 1.31. The molecule has 1 aromatic carbocycles. The molecule has 0 radical (unpaired) electrons. The summed E-state index contributed by atoms with van der Waals surface area (Å²) in [6.45, 7) is 7.46. The van der Waals surface area contributed by atoms with Crippen LogP contribution < -0.4 is 4.74 Å². The second-order valence-electron chi connectivity index (χ2n) is 3.77. The third-order valence-corrected chi connectivity index (χ3v) is 2.22. The van der Waals surface area contributed by atoms with Crippen LogP contribution in [0.3, 0.4) is 0 Å². The van der Waals surface area contributed by atoms with Crippen molar-refractivity contribution in [2.45, 2.75) is 20.0 Å². The maximum atomic E-state index is 10.5. The third kappa shape index (κ3) is 4.15. The van der Waals surface area contributed by atoms with E-state index in [-0.39, 0.29) is 6.10 Å². The molecule has 0 fully saturated rings. The van der Waals surface area contributed by atoms with Crippen LogP contribution in [0.2, 0.25) is 0 Å². The summed E-state index contributed by atoms with van der Waals surface area (Å²) >= 11 is 0. The van der Waals surface area contributed by atoms with Gasteiger partial charge in [0.1, 0.15) is 11.9 Å². The molecule has 0 aliphatic carbocycles. The molecule has 0 aliphatic rings. The van der Waals surface area contributed by atoms with Crippen LogP contribution in [0.15, 0.2) is 36.9 Å². The summed E-state index contributed by atoms with van der Waals surface area (Å²) in [5.74, 6) is -0.324. The first-order chi connectivity index (χ1) is 8.02. The molecule has 17 heavy (non-hydrogen) atoms. The van der Waals surface area contributed by atoms with Crippen LogP contribution in [0.5, 0.6) is 5.75 Å². The van der Waals surface area contributed by atoms with Gasteiger partial charge in [0.05, 0.1) is 0 Å². The highest BCUT2D eigenvalue weighted by Crippen LogP contribution is 2.22. The maximum absolute atomic E-state index is 10.5. The number of rotatable bonds is 5. The SMILES string of the molecule is C=CC(C)Oc1ccc(C)cc1C=CC(=O)O. The Kier molecular flexibility index (Phi) is 4.52. The van der Waals surface area contributed by atoms with Crippen molar-refractivity contribution in [3.8, 4) is 5.75 Å². The Hall–Kier alpha value is -2.03. The van der Waals surface area contributed by atoms with Gasteiger partial charge in [-0.1, -0.05) is 24.3 Å². The largest absolute Gasteiger partial charge is 0.486 e. The van der Waals surface area contributed by atoms with Crippen LogP contribution in [0.25, 0.3) is 6.08 Å². The van der Waals surface area contributed by atoms with Gasteiger partial charge in [0, 0.05) is 11.6 Å². The van der Waals surface area contributed by atoms with Crippen LogP contribution >= 0.6 is 0 Å². The molecule has 0 saturated carbocycles. The fourth-order valence-electron chi connectivity index (χ4n) is 1.31. The van der Waals surface area contributed by atoms with E-state index in [4.69, 9.17) is 9.84 Å². The Morgan fingerprint density at radius 1 is 1.53 bits per heavy atom. The predicted molar refractivity (Wildman–Crippen MR) is 68.1 cm³/mol. The van der Waals surface area contributed by atoms with Gasteiger partial charge in [-0.15, -0.1) is 0 Å². The molecule has 1 atom stereocenters. The van der Waals surface area contributed by atoms with Crippen molar-refractivity contribution in [3.05, 3.63) is 48.1 Å². The third-order valence-electron chi connectivity index (χ3n) is 2.22. The Bertz CT molecular complexity index is 447. The van der Waals surface area contributed by atoms with Gasteiger partial charge in [0.15, 0.2) is 0 Å². The zero-order valence-electron chi connectivity index (χ0n) is 10.0. The van der Waals surface area contributed by atoms with E-state index in [0.29, 0.717) is 5.75 Å². The summed E-state index contributed by atoms with van der Waals surface area (Å²) in [4.78, 5) is 10.5. The minimum absolute atomic E-state index is 0.116. The van der Waals surface area contributed by atoms with E-state index in [1.807, 2.05) is 32.0 Å². The summed E-state index contributed by atoms with van der Waals surface area (Å²) < 4.78 is 5.62. The van der Waals surface area contributed by atoms with Crippen LogP contribution in [0.1, 0.15) is 18.1 Å². The second kappa shape index (κ2) is 5.89. The molecule has 0 spiro atoms. The Morgan fingerprint density at radius 3 is 2.82 bits per heavy atom. The zero-order valence-corrected chi connectivity index (χ0v) is 10.0. The summed E-state index contributed by atoms with van der Waals surface area (Å²) in [7, 11) is 0. The number of benzene rings is 1. The molecule has 1 unspecified atom stereocenters. The molecule has 0 bridgehead atoms. The lowest BCUT2D eigenvalue weighted by Gasteiger charge is -2.13. The van der Waals surface area contributed by atoms with Gasteiger partial charge in [-0.05, 0) is 32.1 Å². The average molecular weight is 232 g/mol. The zero-order chi connectivity index (χ0) is 12.8. The molecule has 0 saturated heterocycles. The van der Waals surface area contributed by atoms with Gasteiger partial charge in [-0.3, -0.25) is 0 Å². The lowest BCUT2D eigenvalue weighted by molar-refractivity contribution is -0.131. The normalized spacial score (nSPS) is 12.4. The van der Waals surface area contributed by atoms with E-state index in [0.717, 1.165) is 17.2 Å². The first-order valence-electron chi connectivity index (χ1n) is 5.34. The molecule has 1 N–H and O–H groups in total. The van der Waals surface area contributed by atoms with E-state index < -0.39 is 5.97 Å². The molecule has 0 aliphatic heterocycles. The van der Waals surface area contributed by atoms with Crippen molar-refractivity contribution in [3.63, 3.8) is 0 Å². The quantitative estimate of drug-likeness (QED) is 0.627. The number of hydrogen-bond donors (Lipinski definition) is 1. The van der Waals surface area contributed by atoms with Gasteiger partial charge < -0.3 is 9.84 Å². The monoisotopic (exact) mass is 232 g/mol. The Balaban J connectivity index is 3.03. The van der Waals surface area contributed by atoms with Gasteiger partial charge >= 0.3 is 5.97 Å². The highest BCUT2D eigenvalue weighted by atomic mass is 16.5. The summed E-state index contributed by atoms with van der Waals surface area (Å²) in [6, 6.07) is 5.63. The number of carboxylic acids is 1. The van der Waals surface area contributed by atoms with Crippen molar-refractivity contribution in [1.29, 1.82) is 0 Å². The number of carbonyl (C=O) groups is 1. The molecule has 1 rings (SSSR count). The number of aryl methyl sites for hydroxylation is 1. The van der Waals surface area contributed by atoms with Crippen molar-refractivity contribution in [2.75, 3.05) is 0 Å². The van der Waals surface area contributed by atoms with Crippen LogP contribution in [0.4, 0.5) is 0 Å². The highest BCUT2D eigenvalue weighted by Gasteiger charge is 2.04. The van der Waals surface area contributed by atoms with Crippen molar-refractivity contribution in [2.24, 2.45) is 0 Å². The van der Waals surface area contributed by atoms with Crippen LogP contribution in [-0.4, -0.2) is 17.2 Å². The van der Waals surface area contributed by atoms with Gasteiger partial charge in [0.25, 0.3) is 0 Å². The minimum atomic E-state index is -0.978. The number of aliphatic carboxylic acids is 1. The van der Waals surface area contributed by atoms with Crippen LogP contribution in [-0.2, 0) is 4.79 Å². The van der Waals surface area contributed by atoms with Crippen molar-refractivity contribution in [1.82, 2.24) is 0 Å². The summed E-state index contributed by atoms with van der Waals surface area (Å²) in [6.07, 6.45) is 4.19. The van der Waals surface area contributed by atoms with Crippen molar-refractivity contribution < 1.29 is 14.6 Å². The molecule has 0 amide bonds. The first kappa shape index (κ1) is 13.0. The van der Waals surface area contributed by atoms with Gasteiger partial charge in [-0.2, -0.15) is 0 Å². The van der Waals surface area contributed by atoms with Crippen LogP contribution in [0, 0.1) is 6.92 Å². The number of hydrogen-bond acceptors (Lipinski definition) is 2. The fraction of sp³-hybridized carbons (Fsp3) is 0.214. The van der Waals surface area contributed by atoms with E-state index in [2.05, 4.69) is 6.58 Å². The molecule has 0 heterocycles. The summed E-state index contributed by atoms with van der Waals surface area (Å²) in [5.41, 5.74) is 1.80. The molecular formula is C14H16O3. The molecular weight excluding hydrogens is 216 g/mol. The molecule has 3 nitrogen and oxygen atoms in total. The summed E-state index contributed by atoms with van der Waals surface area (Å²) in [5, 5.41) is 8.62. The van der Waals surface area contributed by atoms with Crippen molar-refractivity contribution >= 4 is 12.0 Å². The van der Waals surface area contributed by atoms with E-state index in [1.54, 1.807) is 6.08 Å². The van der Waals surface area contributed by atoms with E-state index in [1.165, 1.54) is 6.08 Å². The van der Waals surface area contributed by atoms with Gasteiger partial charge in [-0.25, -0.2) is 4.79 Å². The highest BCUT2D eigenvalue weighted by molar-refractivity contribution is 5.85. The molecule has 1 aromatic rings. The first-order valence-corrected chi connectivity index (χ1v) is 5.34. The number of carboxylic acid groups (broad SMARTS) is 1. The molecule has 90 valence electrons. The Labute approximate surface area is 101 Å².